The smallest absolute Gasteiger partial charge is 0.289 e. The molecule has 1 fully saturated rings. The molecule has 1 saturated heterocycles. The Balaban J connectivity index is 1.71. The lowest BCUT2D eigenvalue weighted by atomic mass is 10.1. The molecule has 1 aliphatic rings. The number of furan rings is 1. The average molecular weight is 329 g/mol. The molecule has 6 nitrogen and oxygen atoms in total. The van der Waals surface area contributed by atoms with Crippen LogP contribution in [0.3, 0.4) is 0 Å². The van der Waals surface area contributed by atoms with E-state index in [-0.39, 0.29) is 11.5 Å². The van der Waals surface area contributed by atoms with Gasteiger partial charge in [0.25, 0.3) is 11.5 Å². The van der Waals surface area contributed by atoms with E-state index in [1.165, 1.54) is 6.07 Å². The highest BCUT2D eigenvalue weighted by Gasteiger charge is 2.34. The molecule has 3 rings (SSSR count). The quantitative estimate of drug-likeness (QED) is 0.853. The third-order valence-corrected chi connectivity index (χ3v) is 4.62. The van der Waals surface area contributed by atoms with Gasteiger partial charge in [0.05, 0.1) is 6.54 Å². The average Bonchev–Trinajstić information content (AvgIpc) is 3.16. The maximum Gasteiger partial charge on any atom is 0.289 e. The van der Waals surface area contributed by atoms with E-state index >= 15 is 0 Å². The maximum absolute atomic E-state index is 12.6. The van der Waals surface area contributed by atoms with E-state index in [0.29, 0.717) is 36.6 Å². The highest BCUT2D eigenvalue weighted by molar-refractivity contribution is 5.91. The molecule has 0 aromatic carbocycles. The van der Waals surface area contributed by atoms with Gasteiger partial charge in [-0.25, -0.2) is 0 Å². The Bertz CT molecular complexity index is 778. The molecule has 1 amide bonds. The first-order valence-corrected chi connectivity index (χ1v) is 8.15. The second-order valence-corrected chi connectivity index (χ2v) is 6.65. The van der Waals surface area contributed by atoms with Gasteiger partial charge < -0.3 is 18.8 Å². The number of pyridine rings is 1. The molecule has 0 radical (unpaired) electrons. The normalized spacial score (nSPS) is 20.8. The Hall–Kier alpha value is -2.34. The molecule has 0 bridgehead atoms. The van der Waals surface area contributed by atoms with Crippen LogP contribution >= 0.6 is 0 Å². The molecule has 0 spiro atoms. The molecular formula is C18H23N3O3. The number of likely N-dealkylation sites (N-methyl/N-ethyl adjacent to an activating group) is 1. The number of nitrogens with zero attached hydrogens (tertiary/aromatic N) is 3. The van der Waals surface area contributed by atoms with E-state index in [0.717, 1.165) is 6.54 Å². The highest BCUT2D eigenvalue weighted by atomic mass is 16.4. The van der Waals surface area contributed by atoms with Crippen LogP contribution < -0.4 is 5.56 Å². The van der Waals surface area contributed by atoms with E-state index in [9.17, 15) is 9.59 Å². The number of hydrogen-bond donors (Lipinski definition) is 0. The second kappa shape index (κ2) is 6.65. The van der Waals surface area contributed by atoms with Crippen molar-refractivity contribution in [1.82, 2.24) is 14.4 Å². The maximum atomic E-state index is 12.6. The summed E-state index contributed by atoms with van der Waals surface area (Å²) in [6.07, 6.45) is 1.70. The van der Waals surface area contributed by atoms with Crippen LogP contribution in [0.2, 0.25) is 0 Å². The zero-order chi connectivity index (χ0) is 17.3. The van der Waals surface area contributed by atoms with Gasteiger partial charge >= 0.3 is 0 Å². The minimum Gasteiger partial charge on any atom is -0.454 e. The van der Waals surface area contributed by atoms with Crippen molar-refractivity contribution in [2.75, 3.05) is 27.2 Å². The van der Waals surface area contributed by atoms with Crippen molar-refractivity contribution in [3.63, 3.8) is 0 Å². The molecule has 6 heteroatoms. The number of hydrogen-bond acceptors (Lipinski definition) is 4. The van der Waals surface area contributed by atoms with Crippen molar-refractivity contribution in [3.05, 3.63) is 58.4 Å². The Morgan fingerprint density at radius 2 is 2.04 bits per heavy atom. The number of likely N-dealkylation sites (tertiary alicyclic amines) is 1. The van der Waals surface area contributed by atoms with Gasteiger partial charge in [0.15, 0.2) is 5.76 Å². The van der Waals surface area contributed by atoms with Crippen molar-refractivity contribution in [2.24, 2.45) is 5.92 Å². The van der Waals surface area contributed by atoms with Crippen LogP contribution in [-0.2, 0) is 6.54 Å². The summed E-state index contributed by atoms with van der Waals surface area (Å²) in [6.45, 7) is 3.92. The lowest BCUT2D eigenvalue weighted by molar-refractivity contribution is 0.0747. The molecule has 2 atom stereocenters. The summed E-state index contributed by atoms with van der Waals surface area (Å²) in [5, 5.41) is 0. The lowest BCUT2D eigenvalue weighted by Gasteiger charge is -2.22. The van der Waals surface area contributed by atoms with Crippen LogP contribution in [0.1, 0.15) is 23.2 Å². The molecule has 0 unspecified atom stereocenters. The molecule has 2 aromatic rings. The minimum atomic E-state index is -0.0935. The van der Waals surface area contributed by atoms with Crippen LogP contribution in [-0.4, -0.2) is 53.5 Å². The fourth-order valence-corrected chi connectivity index (χ4v) is 3.28. The summed E-state index contributed by atoms with van der Waals surface area (Å²) in [6, 6.07) is 8.82. The van der Waals surface area contributed by atoms with Crippen LogP contribution in [0.25, 0.3) is 0 Å². The predicted octanol–water partition coefficient (Wildman–Crippen LogP) is 1.51. The van der Waals surface area contributed by atoms with Crippen molar-refractivity contribution in [3.8, 4) is 0 Å². The third-order valence-electron chi connectivity index (χ3n) is 4.62. The van der Waals surface area contributed by atoms with Gasteiger partial charge in [-0.3, -0.25) is 9.59 Å². The lowest BCUT2D eigenvalue weighted by Crippen LogP contribution is -2.35. The zero-order valence-electron chi connectivity index (χ0n) is 14.3. The molecule has 128 valence electrons. The van der Waals surface area contributed by atoms with Crippen molar-refractivity contribution in [1.29, 1.82) is 0 Å². The van der Waals surface area contributed by atoms with Crippen LogP contribution in [0, 0.1) is 5.92 Å². The SMILES string of the molecule is C[C@H]1CN(C(=O)c2ccc(Cn3ccccc3=O)o2)C[C@@H]1N(C)C. The van der Waals surface area contributed by atoms with Gasteiger partial charge in [0.2, 0.25) is 0 Å². The molecule has 3 heterocycles. The Morgan fingerprint density at radius 3 is 2.71 bits per heavy atom. The zero-order valence-corrected chi connectivity index (χ0v) is 14.3. The summed E-state index contributed by atoms with van der Waals surface area (Å²) in [5.41, 5.74) is -0.0935. The van der Waals surface area contributed by atoms with Gasteiger partial charge in [-0.05, 0) is 38.2 Å². The van der Waals surface area contributed by atoms with Gasteiger partial charge in [0, 0.05) is 31.4 Å². The fourth-order valence-electron chi connectivity index (χ4n) is 3.28. The third kappa shape index (κ3) is 3.28. The molecule has 2 aromatic heterocycles. The van der Waals surface area contributed by atoms with Crippen molar-refractivity contribution in [2.45, 2.75) is 19.5 Å². The molecular weight excluding hydrogens is 306 g/mol. The summed E-state index contributed by atoms with van der Waals surface area (Å²) < 4.78 is 7.23. The molecule has 0 saturated carbocycles. The fraction of sp³-hybridized carbons (Fsp3) is 0.444. The first-order chi connectivity index (χ1) is 11.5. The van der Waals surface area contributed by atoms with Crippen molar-refractivity contribution < 1.29 is 9.21 Å². The van der Waals surface area contributed by atoms with E-state index < -0.39 is 0 Å². The summed E-state index contributed by atoms with van der Waals surface area (Å²) in [5.74, 6) is 1.28. The Morgan fingerprint density at radius 1 is 1.25 bits per heavy atom. The number of carbonyl (C=O) groups is 1. The first kappa shape index (κ1) is 16.5. The molecule has 24 heavy (non-hydrogen) atoms. The number of amides is 1. The topological polar surface area (TPSA) is 58.7 Å². The van der Waals surface area contributed by atoms with Gasteiger partial charge in [0.1, 0.15) is 5.76 Å². The minimum absolute atomic E-state index is 0.0853. The monoisotopic (exact) mass is 329 g/mol. The number of aromatic nitrogens is 1. The van der Waals surface area contributed by atoms with Gasteiger partial charge in [-0.2, -0.15) is 0 Å². The Labute approximate surface area is 141 Å². The molecule has 1 aliphatic heterocycles. The van der Waals surface area contributed by atoms with E-state index in [2.05, 4.69) is 11.8 Å². The second-order valence-electron chi connectivity index (χ2n) is 6.65. The van der Waals surface area contributed by atoms with Gasteiger partial charge in [-0.1, -0.05) is 13.0 Å². The van der Waals surface area contributed by atoms with Crippen LogP contribution in [0.15, 0.2) is 45.7 Å². The first-order valence-electron chi connectivity index (χ1n) is 8.15. The summed E-state index contributed by atoms with van der Waals surface area (Å²) in [7, 11) is 4.08. The van der Waals surface area contributed by atoms with E-state index in [1.54, 1.807) is 35.0 Å². The summed E-state index contributed by atoms with van der Waals surface area (Å²) in [4.78, 5) is 28.4. The number of carbonyl (C=O) groups excluding carboxylic acids is 1. The van der Waals surface area contributed by atoms with Crippen LogP contribution in [0.4, 0.5) is 0 Å². The predicted molar refractivity (Wildman–Crippen MR) is 91.1 cm³/mol. The van der Waals surface area contributed by atoms with Gasteiger partial charge in [-0.15, -0.1) is 0 Å². The molecule has 0 aliphatic carbocycles. The standard InChI is InChI=1S/C18H23N3O3/c1-13-10-21(12-15(13)19(2)3)18(23)16-8-7-14(24-16)11-20-9-5-4-6-17(20)22/h4-9,13,15H,10-12H2,1-3H3/t13-,15-/m0/s1. The highest BCUT2D eigenvalue weighted by Crippen LogP contribution is 2.22. The molecule has 0 N–H and O–H groups in total. The van der Waals surface area contributed by atoms with E-state index in [1.807, 2.05) is 19.0 Å². The van der Waals surface area contributed by atoms with Crippen molar-refractivity contribution >= 4 is 5.91 Å². The Kier molecular flexibility index (Phi) is 4.57. The largest absolute Gasteiger partial charge is 0.454 e. The van der Waals surface area contributed by atoms with Crippen LogP contribution in [0.5, 0.6) is 0 Å². The number of rotatable bonds is 4. The summed E-state index contributed by atoms with van der Waals surface area (Å²) >= 11 is 0. The van der Waals surface area contributed by atoms with E-state index in [4.69, 9.17) is 4.42 Å².